The van der Waals surface area contributed by atoms with Gasteiger partial charge in [0.1, 0.15) is 17.2 Å². The van der Waals surface area contributed by atoms with E-state index in [1.165, 1.54) is 44.4 Å². The molecule has 3 aromatic rings. The molecule has 0 atom stereocenters. The molecular formula is C28H39N9O2. The van der Waals surface area contributed by atoms with E-state index in [-0.39, 0.29) is 29.4 Å². The Balaban J connectivity index is 0.000000578. The molecule has 1 aliphatic heterocycles. The third-order valence-electron chi connectivity index (χ3n) is 5.52. The van der Waals surface area contributed by atoms with Crippen LogP contribution in [-0.2, 0) is 0 Å². The zero-order valence-electron chi connectivity index (χ0n) is 23.1. The summed E-state index contributed by atoms with van der Waals surface area (Å²) < 4.78 is 0. The van der Waals surface area contributed by atoms with Crippen LogP contribution in [0.4, 0.5) is 29.0 Å². The summed E-state index contributed by atoms with van der Waals surface area (Å²) in [5, 5.41) is 19.3. The second-order valence-electron chi connectivity index (χ2n) is 8.34. The normalized spacial score (nSPS) is 12.1. The van der Waals surface area contributed by atoms with Crippen molar-refractivity contribution in [3.05, 3.63) is 76.7 Å². The Hall–Kier alpha value is -4.51. The van der Waals surface area contributed by atoms with E-state index in [9.17, 15) is 9.59 Å². The van der Waals surface area contributed by atoms with Crippen molar-refractivity contribution in [2.24, 2.45) is 0 Å². The zero-order valence-corrected chi connectivity index (χ0v) is 23.1. The van der Waals surface area contributed by atoms with Gasteiger partial charge in [-0.15, -0.1) is 6.58 Å². The van der Waals surface area contributed by atoms with E-state index < -0.39 is 5.91 Å². The van der Waals surface area contributed by atoms with Crippen LogP contribution in [-0.4, -0.2) is 65.7 Å². The highest BCUT2D eigenvalue weighted by Gasteiger charge is 2.15. The molecule has 2 aromatic heterocycles. The molecule has 11 nitrogen and oxygen atoms in total. The monoisotopic (exact) mass is 533 g/mol. The molecule has 1 fully saturated rings. The fourth-order valence-corrected chi connectivity index (χ4v) is 3.60. The first kappa shape index (κ1) is 30.7. The van der Waals surface area contributed by atoms with Crippen molar-refractivity contribution in [1.29, 1.82) is 5.41 Å². The Morgan fingerprint density at radius 2 is 1.92 bits per heavy atom. The van der Waals surface area contributed by atoms with Crippen molar-refractivity contribution in [3.8, 4) is 0 Å². The SMILES string of the molecule is C=CCNC(=O)c1cnc(Nc2ccc(NC)c(C=N)c2)nc1Nc1cccc(=O)[nH]1.CC.CN1CCCC1. The van der Waals surface area contributed by atoms with E-state index >= 15 is 0 Å². The maximum Gasteiger partial charge on any atom is 0.256 e. The molecule has 11 heteroatoms. The number of hydrogen-bond acceptors (Lipinski definition) is 9. The van der Waals surface area contributed by atoms with Crippen molar-refractivity contribution in [1.82, 2.24) is 25.2 Å². The van der Waals surface area contributed by atoms with Crippen LogP contribution in [0.15, 0.2) is 60.0 Å². The fourth-order valence-electron chi connectivity index (χ4n) is 3.60. The molecule has 1 saturated heterocycles. The van der Waals surface area contributed by atoms with Gasteiger partial charge < -0.3 is 36.6 Å². The largest absolute Gasteiger partial charge is 0.388 e. The minimum atomic E-state index is -0.392. The van der Waals surface area contributed by atoms with Crippen LogP contribution < -0.4 is 26.8 Å². The number of benzene rings is 1. The highest BCUT2D eigenvalue weighted by Crippen LogP contribution is 2.23. The quantitative estimate of drug-likeness (QED) is 0.176. The van der Waals surface area contributed by atoms with Gasteiger partial charge in [0, 0.05) is 49.0 Å². The summed E-state index contributed by atoms with van der Waals surface area (Å²) in [5.74, 6) is 0.422. The summed E-state index contributed by atoms with van der Waals surface area (Å²) in [6.45, 7) is 10.5. The van der Waals surface area contributed by atoms with E-state index in [4.69, 9.17) is 5.41 Å². The molecule has 39 heavy (non-hydrogen) atoms. The van der Waals surface area contributed by atoms with E-state index in [1.807, 2.05) is 26.0 Å². The van der Waals surface area contributed by atoms with Gasteiger partial charge in [0.2, 0.25) is 11.5 Å². The van der Waals surface area contributed by atoms with Crippen molar-refractivity contribution in [2.45, 2.75) is 26.7 Å². The standard InChI is InChI=1S/C21H22N8O2.C5H11N.C2H6/c1-3-9-24-20(31)15-12-25-21(26-14-7-8-16(23-2)13(10-14)11-22)29-19(15)28-17-5-4-6-18(30)27-17;1-6-4-2-3-5-6;1-2/h3-8,10-12,22-23H,1,9H2,2H3,(H,24,31)(H3,25,26,27,28,29,30);2-5H2,1H3;1-2H3. The lowest BCUT2D eigenvalue weighted by molar-refractivity contribution is 0.0958. The Morgan fingerprint density at radius 1 is 1.18 bits per heavy atom. The van der Waals surface area contributed by atoms with Crippen LogP contribution in [0.3, 0.4) is 0 Å². The van der Waals surface area contributed by atoms with Crippen molar-refractivity contribution in [3.63, 3.8) is 0 Å². The first-order valence-electron chi connectivity index (χ1n) is 12.9. The lowest BCUT2D eigenvalue weighted by Crippen LogP contribution is -2.25. The average Bonchev–Trinajstić information content (AvgIpc) is 3.44. The number of aromatic nitrogens is 3. The van der Waals surface area contributed by atoms with Crippen molar-refractivity contribution >= 4 is 41.1 Å². The van der Waals surface area contributed by atoms with Crippen LogP contribution in [0.25, 0.3) is 0 Å². The molecule has 6 N–H and O–H groups in total. The molecule has 0 aliphatic carbocycles. The minimum absolute atomic E-state index is 0.197. The molecule has 1 amide bonds. The number of anilines is 5. The van der Waals surface area contributed by atoms with Gasteiger partial charge in [-0.3, -0.25) is 9.59 Å². The summed E-state index contributed by atoms with van der Waals surface area (Å²) in [4.78, 5) is 37.7. The summed E-state index contributed by atoms with van der Waals surface area (Å²) in [5.41, 5.74) is 2.07. The number of pyridine rings is 1. The molecule has 0 saturated carbocycles. The van der Waals surface area contributed by atoms with Crippen LogP contribution in [0, 0.1) is 5.41 Å². The number of amides is 1. The van der Waals surface area contributed by atoms with Gasteiger partial charge in [-0.05, 0) is 57.2 Å². The number of hydrogen-bond donors (Lipinski definition) is 6. The Morgan fingerprint density at radius 3 is 2.51 bits per heavy atom. The number of carbonyl (C=O) groups excluding carboxylic acids is 1. The summed E-state index contributed by atoms with van der Waals surface area (Å²) >= 11 is 0. The third-order valence-corrected chi connectivity index (χ3v) is 5.52. The highest BCUT2D eigenvalue weighted by atomic mass is 16.1. The zero-order chi connectivity index (χ0) is 28.6. The average molecular weight is 534 g/mol. The Labute approximate surface area is 229 Å². The smallest absolute Gasteiger partial charge is 0.256 e. The second kappa shape index (κ2) is 16.4. The van der Waals surface area contributed by atoms with Crippen molar-refractivity contribution in [2.75, 3.05) is 49.7 Å². The lowest BCUT2D eigenvalue weighted by atomic mass is 10.1. The minimum Gasteiger partial charge on any atom is -0.388 e. The van der Waals surface area contributed by atoms with Gasteiger partial charge in [-0.25, -0.2) is 4.98 Å². The predicted molar refractivity (Wildman–Crippen MR) is 160 cm³/mol. The predicted octanol–water partition coefficient (Wildman–Crippen LogP) is 4.35. The highest BCUT2D eigenvalue weighted by molar-refractivity contribution is 5.99. The number of carbonyl (C=O) groups is 1. The van der Waals surface area contributed by atoms with Gasteiger partial charge in [-0.2, -0.15) is 4.98 Å². The first-order valence-corrected chi connectivity index (χ1v) is 12.9. The second-order valence-corrected chi connectivity index (χ2v) is 8.34. The van der Waals surface area contributed by atoms with E-state index in [0.29, 0.717) is 17.1 Å². The number of H-pyrrole nitrogens is 1. The number of nitrogens with one attached hydrogen (secondary N) is 6. The van der Waals surface area contributed by atoms with Gasteiger partial charge in [-0.1, -0.05) is 26.0 Å². The Bertz CT molecular complexity index is 1280. The van der Waals surface area contributed by atoms with Gasteiger partial charge in [0.15, 0.2) is 0 Å². The molecule has 208 valence electrons. The molecule has 1 aliphatic rings. The van der Waals surface area contributed by atoms with E-state index in [2.05, 4.69) is 54.7 Å². The van der Waals surface area contributed by atoms with Gasteiger partial charge in [0.05, 0.1) is 0 Å². The maximum atomic E-state index is 12.5. The number of rotatable bonds is 9. The van der Waals surface area contributed by atoms with Gasteiger partial charge in [0.25, 0.3) is 5.91 Å². The molecule has 0 spiro atoms. The topological polar surface area (TPSA) is 151 Å². The molecular weight excluding hydrogens is 494 g/mol. The third kappa shape index (κ3) is 9.71. The number of likely N-dealkylation sites (tertiary alicyclic amines) is 1. The van der Waals surface area contributed by atoms with Crippen LogP contribution in [0.1, 0.15) is 42.6 Å². The summed E-state index contributed by atoms with van der Waals surface area (Å²) in [6, 6.07) is 10.0. The summed E-state index contributed by atoms with van der Waals surface area (Å²) in [6.07, 6.45) is 7.01. The van der Waals surface area contributed by atoms with Crippen molar-refractivity contribution < 1.29 is 4.79 Å². The molecule has 0 radical (unpaired) electrons. The molecule has 0 unspecified atom stereocenters. The molecule has 3 heterocycles. The summed E-state index contributed by atoms with van der Waals surface area (Å²) in [7, 11) is 3.95. The van der Waals surface area contributed by atoms with Crippen LogP contribution >= 0.6 is 0 Å². The van der Waals surface area contributed by atoms with Crippen LogP contribution in [0.2, 0.25) is 0 Å². The molecule has 0 bridgehead atoms. The lowest BCUT2D eigenvalue weighted by Gasteiger charge is -2.13. The van der Waals surface area contributed by atoms with E-state index in [1.54, 1.807) is 31.3 Å². The first-order chi connectivity index (χ1) is 18.9. The fraction of sp³-hybridized carbons (Fsp3) is 0.321. The van der Waals surface area contributed by atoms with Gasteiger partial charge >= 0.3 is 0 Å². The number of aromatic amines is 1. The molecule has 4 rings (SSSR count). The molecule has 1 aromatic carbocycles. The maximum absolute atomic E-state index is 12.5. The number of nitrogens with zero attached hydrogens (tertiary/aromatic N) is 3. The van der Waals surface area contributed by atoms with Crippen LogP contribution in [0.5, 0.6) is 0 Å². The van der Waals surface area contributed by atoms with E-state index in [0.717, 1.165) is 5.69 Å². The Kier molecular flexibility index (Phi) is 12.9.